The number of rotatable bonds is 5. The van der Waals surface area contributed by atoms with Crippen LogP contribution in [0, 0.1) is 10.1 Å². The molecule has 100 valence electrons. The molecule has 0 spiro atoms. The summed E-state index contributed by atoms with van der Waals surface area (Å²) in [5, 5.41) is 25.1. The summed E-state index contributed by atoms with van der Waals surface area (Å²) < 4.78 is 0.514. The van der Waals surface area contributed by atoms with E-state index in [4.69, 9.17) is 5.11 Å². The normalized spacial score (nSPS) is 10.4. The molecule has 2 N–H and O–H groups in total. The first-order chi connectivity index (χ1) is 9.10. The monoisotopic (exact) mass is 344 g/mol. The predicted octanol–water partition coefficient (Wildman–Crippen LogP) is 2.31. The van der Waals surface area contributed by atoms with Gasteiger partial charge in [0.15, 0.2) is 0 Å². The zero-order valence-electron chi connectivity index (χ0n) is 9.54. The van der Waals surface area contributed by atoms with E-state index in [-0.39, 0.29) is 12.3 Å². The fourth-order valence-corrected chi connectivity index (χ4v) is 2.52. The van der Waals surface area contributed by atoms with Crippen LogP contribution in [-0.2, 0) is 13.2 Å². The number of hydrogen-bond acceptors (Lipinski definition) is 7. The Labute approximate surface area is 120 Å². The molecule has 2 heterocycles. The maximum atomic E-state index is 10.6. The van der Waals surface area contributed by atoms with Gasteiger partial charge in [-0.1, -0.05) is 0 Å². The standard InChI is InChI=1S/C10H9BrN4O3S/c11-8-1-7(15(17)18)2-12-10(8)13-3-9-14-6(4-16)5-19-9/h1-2,5,16H,3-4H2,(H,12,13). The minimum atomic E-state index is -0.504. The molecule has 0 saturated heterocycles. The van der Waals surface area contributed by atoms with Crippen molar-refractivity contribution in [2.24, 2.45) is 0 Å². The van der Waals surface area contributed by atoms with Crippen molar-refractivity contribution in [1.82, 2.24) is 9.97 Å². The number of aromatic nitrogens is 2. The number of nitrogens with one attached hydrogen (secondary N) is 1. The summed E-state index contributed by atoms with van der Waals surface area (Å²) >= 11 is 4.64. The Balaban J connectivity index is 2.05. The van der Waals surface area contributed by atoms with Gasteiger partial charge in [0, 0.05) is 11.4 Å². The molecule has 0 saturated carbocycles. The molecule has 0 aromatic carbocycles. The van der Waals surface area contributed by atoms with Gasteiger partial charge < -0.3 is 10.4 Å². The molecule has 0 bridgehead atoms. The van der Waals surface area contributed by atoms with Gasteiger partial charge in [0.1, 0.15) is 17.0 Å². The van der Waals surface area contributed by atoms with Gasteiger partial charge in [-0.25, -0.2) is 9.97 Å². The fourth-order valence-electron chi connectivity index (χ4n) is 1.32. The third-order valence-electron chi connectivity index (χ3n) is 2.21. The molecule has 9 heteroatoms. The Kier molecular flexibility index (Phi) is 4.40. The van der Waals surface area contributed by atoms with E-state index < -0.39 is 4.92 Å². The Morgan fingerprint density at radius 3 is 2.95 bits per heavy atom. The molecular weight excluding hydrogens is 336 g/mol. The molecule has 0 aliphatic heterocycles. The first kappa shape index (κ1) is 13.8. The zero-order valence-corrected chi connectivity index (χ0v) is 11.9. The van der Waals surface area contributed by atoms with Gasteiger partial charge in [-0.3, -0.25) is 10.1 Å². The Bertz CT molecular complexity index is 604. The lowest BCUT2D eigenvalue weighted by Crippen LogP contribution is -2.02. The SMILES string of the molecule is O=[N+]([O-])c1cnc(NCc2nc(CO)cs2)c(Br)c1. The molecule has 0 radical (unpaired) electrons. The molecule has 0 amide bonds. The number of hydrogen-bond donors (Lipinski definition) is 2. The van der Waals surface area contributed by atoms with Crippen LogP contribution in [0.15, 0.2) is 22.1 Å². The van der Waals surface area contributed by atoms with Crippen LogP contribution < -0.4 is 5.32 Å². The molecule has 7 nitrogen and oxygen atoms in total. The number of nitro groups is 1. The second-order valence-corrected chi connectivity index (χ2v) is 5.32. The average molecular weight is 345 g/mol. The first-order valence-corrected chi connectivity index (χ1v) is 6.85. The van der Waals surface area contributed by atoms with E-state index in [2.05, 4.69) is 31.2 Å². The van der Waals surface area contributed by atoms with Gasteiger partial charge in [-0.2, -0.15) is 0 Å². The summed E-state index contributed by atoms with van der Waals surface area (Å²) in [6.45, 7) is 0.351. The first-order valence-electron chi connectivity index (χ1n) is 5.18. The van der Waals surface area contributed by atoms with E-state index in [0.717, 1.165) is 5.01 Å². The molecule has 2 aromatic heterocycles. The maximum absolute atomic E-state index is 10.6. The highest BCUT2D eigenvalue weighted by atomic mass is 79.9. The molecule has 19 heavy (non-hydrogen) atoms. The minimum absolute atomic E-state index is 0.0748. The van der Waals surface area contributed by atoms with Crippen molar-refractivity contribution in [2.75, 3.05) is 5.32 Å². The average Bonchev–Trinajstić information content (AvgIpc) is 2.85. The number of anilines is 1. The smallest absolute Gasteiger partial charge is 0.288 e. The van der Waals surface area contributed by atoms with Crippen LogP contribution in [0.1, 0.15) is 10.7 Å². The van der Waals surface area contributed by atoms with Crippen LogP contribution in [0.5, 0.6) is 0 Å². The lowest BCUT2D eigenvalue weighted by molar-refractivity contribution is -0.385. The third-order valence-corrected chi connectivity index (χ3v) is 3.71. The topological polar surface area (TPSA) is 101 Å². The van der Waals surface area contributed by atoms with Gasteiger partial charge in [-0.15, -0.1) is 11.3 Å². The van der Waals surface area contributed by atoms with Gasteiger partial charge in [0.05, 0.1) is 28.2 Å². The van der Waals surface area contributed by atoms with E-state index >= 15 is 0 Å². The molecular formula is C10H9BrN4O3S. The summed E-state index contributed by atoms with van der Waals surface area (Å²) in [6.07, 6.45) is 1.19. The van der Waals surface area contributed by atoms with E-state index in [1.54, 1.807) is 5.38 Å². The van der Waals surface area contributed by atoms with Crippen LogP contribution in [-0.4, -0.2) is 20.0 Å². The van der Waals surface area contributed by atoms with Crippen molar-refractivity contribution in [3.63, 3.8) is 0 Å². The number of thiazole rings is 1. The summed E-state index contributed by atoms with van der Waals surface area (Å²) in [6, 6.07) is 1.39. The van der Waals surface area contributed by atoms with Gasteiger partial charge >= 0.3 is 0 Å². The highest BCUT2D eigenvalue weighted by Crippen LogP contribution is 2.25. The zero-order chi connectivity index (χ0) is 13.8. The largest absolute Gasteiger partial charge is 0.390 e. The molecule has 0 fully saturated rings. The highest BCUT2D eigenvalue weighted by Gasteiger charge is 2.10. The predicted molar refractivity (Wildman–Crippen MR) is 74.0 cm³/mol. The minimum Gasteiger partial charge on any atom is -0.390 e. The Hall–Kier alpha value is -1.58. The number of nitrogens with zero attached hydrogens (tertiary/aromatic N) is 3. The third kappa shape index (κ3) is 3.46. The van der Waals surface area contributed by atoms with Crippen LogP contribution in [0.25, 0.3) is 0 Å². The van der Waals surface area contributed by atoms with Crippen LogP contribution >= 0.6 is 27.3 Å². The molecule has 2 rings (SSSR count). The van der Waals surface area contributed by atoms with E-state index in [0.29, 0.717) is 22.5 Å². The summed E-state index contributed by atoms with van der Waals surface area (Å²) in [4.78, 5) is 18.2. The van der Waals surface area contributed by atoms with Crippen molar-refractivity contribution in [3.05, 3.63) is 42.9 Å². The molecule has 2 aromatic rings. The number of halogens is 1. The molecule has 0 aliphatic rings. The van der Waals surface area contributed by atoms with Crippen molar-refractivity contribution in [3.8, 4) is 0 Å². The van der Waals surface area contributed by atoms with Crippen molar-refractivity contribution in [1.29, 1.82) is 0 Å². The van der Waals surface area contributed by atoms with Crippen molar-refractivity contribution in [2.45, 2.75) is 13.2 Å². The molecule has 0 aliphatic carbocycles. The van der Waals surface area contributed by atoms with Crippen LogP contribution in [0.4, 0.5) is 11.5 Å². The second kappa shape index (κ2) is 6.04. The van der Waals surface area contributed by atoms with E-state index in [1.165, 1.54) is 23.6 Å². The molecule has 0 atom stereocenters. The quantitative estimate of drug-likeness (QED) is 0.637. The number of aliphatic hydroxyl groups is 1. The maximum Gasteiger partial charge on any atom is 0.288 e. The molecule has 0 unspecified atom stereocenters. The second-order valence-electron chi connectivity index (χ2n) is 3.53. The van der Waals surface area contributed by atoms with Crippen LogP contribution in [0.3, 0.4) is 0 Å². The van der Waals surface area contributed by atoms with Crippen molar-refractivity contribution >= 4 is 38.8 Å². The highest BCUT2D eigenvalue weighted by molar-refractivity contribution is 9.10. The summed E-state index contributed by atoms with van der Waals surface area (Å²) in [7, 11) is 0. The van der Waals surface area contributed by atoms with Gasteiger partial charge in [-0.05, 0) is 15.9 Å². The summed E-state index contributed by atoms with van der Waals surface area (Å²) in [5.41, 5.74) is 0.548. The van der Waals surface area contributed by atoms with Gasteiger partial charge in [0.25, 0.3) is 5.69 Å². The lowest BCUT2D eigenvalue weighted by Gasteiger charge is -2.05. The van der Waals surface area contributed by atoms with Crippen LogP contribution in [0.2, 0.25) is 0 Å². The van der Waals surface area contributed by atoms with Gasteiger partial charge in [0.2, 0.25) is 0 Å². The Morgan fingerprint density at radius 2 is 2.37 bits per heavy atom. The lowest BCUT2D eigenvalue weighted by atomic mass is 10.4. The summed E-state index contributed by atoms with van der Waals surface area (Å²) in [5.74, 6) is 0.506. The van der Waals surface area contributed by atoms with E-state index in [9.17, 15) is 10.1 Å². The fraction of sp³-hybridized carbons (Fsp3) is 0.200. The number of pyridine rings is 1. The number of aliphatic hydroxyl groups excluding tert-OH is 1. The Morgan fingerprint density at radius 1 is 1.58 bits per heavy atom. The van der Waals surface area contributed by atoms with Crippen molar-refractivity contribution < 1.29 is 10.0 Å². The van der Waals surface area contributed by atoms with E-state index in [1.807, 2.05) is 0 Å².